The Morgan fingerprint density at radius 1 is 1.37 bits per heavy atom. The van der Waals surface area contributed by atoms with Gasteiger partial charge < -0.3 is 14.6 Å². The Morgan fingerprint density at radius 3 is 2.63 bits per heavy atom. The Balaban J connectivity index is 2.50. The molecule has 0 saturated heterocycles. The van der Waals surface area contributed by atoms with E-state index in [9.17, 15) is 0 Å². The van der Waals surface area contributed by atoms with Crippen LogP contribution in [0.3, 0.4) is 0 Å². The van der Waals surface area contributed by atoms with Crippen molar-refractivity contribution in [2.45, 2.75) is 60.2 Å². The summed E-state index contributed by atoms with van der Waals surface area (Å²) in [7, 11) is 0. The Labute approximate surface area is 117 Å². The molecule has 1 rings (SSSR count). The molecule has 0 aromatic carbocycles. The van der Waals surface area contributed by atoms with Gasteiger partial charge in [-0.1, -0.05) is 13.8 Å². The summed E-state index contributed by atoms with van der Waals surface area (Å²) in [5.74, 6) is 1.72. The number of nitrogens with one attached hydrogen (secondary N) is 1. The van der Waals surface area contributed by atoms with Gasteiger partial charge in [0.15, 0.2) is 0 Å². The van der Waals surface area contributed by atoms with Crippen molar-refractivity contribution in [3.05, 3.63) is 17.7 Å². The second-order valence-electron chi connectivity index (χ2n) is 6.43. The molecule has 0 spiro atoms. The van der Waals surface area contributed by atoms with Crippen molar-refractivity contribution in [1.82, 2.24) is 14.9 Å². The summed E-state index contributed by atoms with van der Waals surface area (Å²) in [6.07, 6.45) is 1.96. The predicted molar refractivity (Wildman–Crippen MR) is 79.2 cm³/mol. The monoisotopic (exact) mass is 267 g/mol. The SMILES string of the molecule is Cc1ncc(CNCC(C)C)n1CCOC(C)(C)C. The molecule has 19 heavy (non-hydrogen) atoms. The van der Waals surface area contributed by atoms with Gasteiger partial charge in [0.05, 0.1) is 17.9 Å². The highest BCUT2D eigenvalue weighted by atomic mass is 16.5. The molecule has 0 aliphatic rings. The molecule has 0 aliphatic carbocycles. The van der Waals surface area contributed by atoms with Gasteiger partial charge >= 0.3 is 0 Å². The first kappa shape index (κ1) is 16.2. The van der Waals surface area contributed by atoms with Crippen LogP contribution < -0.4 is 5.32 Å². The number of rotatable bonds is 7. The van der Waals surface area contributed by atoms with E-state index < -0.39 is 0 Å². The van der Waals surface area contributed by atoms with Crippen LogP contribution in [0.15, 0.2) is 6.20 Å². The summed E-state index contributed by atoms with van der Waals surface area (Å²) < 4.78 is 8.02. The van der Waals surface area contributed by atoms with Crippen LogP contribution in [0.5, 0.6) is 0 Å². The topological polar surface area (TPSA) is 39.1 Å². The van der Waals surface area contributed by atoms with E-state index in [0.717, 1.165) is 32.1 Å². The number of nitrogens with zero attached hydrogens (tertiary/aromatic N) is 2. The predicted octanol–water partition coefficient (Wildman–Crippen LogP) is 2.75. The maximum atomic E-state index is 5.79. The van der Waals surface area contributed by atoms with Gasteiger partial charge in [0.1, 0.15) is 5.82 Å². The van der Waals surface area contributed by atoms with Crippen molar-refractivity contribution in [2.75, 3.05) is 13.2 Å². The van der Waals surface area contributed by atoms with Crippen molar-refractivity contribution in [1.29, 1.82) is 0 Å². The van der Waals surface area contributed by atoms with E-state index >= 15 is 0 Å². The number of ether oxygens (including phenoxy) is 1. The van der Waals surface area contributed by atoms with Gasteiger partial charge in [-0.25, -0.2) is 4.98 Å². The molecule has 4 heteroatoms. The third kappa shape index (κ3) is 6.21. The first-order valence-electron chi connectivity index (χ1n) is 7.15. The summed E-state index contributed by atoms with van der Waals surface area (Å²) in [6.45, 7) is 16.2. The van der Waals surface area contributed by atoms with Crippen molar-refractivity contribution >= 4 is 0 Å². The molecule has 110 valence electrons. The van der Waals surface area contributed by atoms with Crippen LogP contribution in [0, 0.1) is 12.8 Å². The van der Waals surface area contributed by atoms with E-state index in [1.165, 1.54) is 5.69 Å². The molecular weight excluding hydrogens is 238 g/mol. The third-order valence-corrected chi connectivity index (χ3v) is 2.85. The molecule has 0 unspecified atom stereocenters. The fourth-order valence-electron chi connectivity index (χ4n) is 1.89. The van der Waals surface area contributed by atoms with E-state index in [0.29, 0.717) is 5.92 Å². The molecule has 1 aromatic heterocycles. The fourth-order valence-corrected chi connectivity index (χ4v) is 1.89. The standard InChI is InChI=1S/C15H29N3O/c1-12(2)9-16-10-14-11-17-13(3)18(14)7-8-19-15(4,5)6/h11-12,16H,7-10H2,1-6H3. The highest BCUT2D eigenvalue weighted by Gasteiger charge is 2.11. The summed E-state index contributed by atoms with van der Waals surface area (Å²) in [5, 5.41) is 3.46. The quantitative estimate of drug-likeness (QED) is 0.825. The molecule has 0 radical (unpaired) electrons. The molecule has 0 aliphatic heterocycles. The molecule has 1 N–H and O–H groups in total. The Kier molecular flexibility index (Phi) is 6.01. The highest BCUT2D eigenvalue weighted by Crippen LogP contribution is 2.09. The maximum absolute atomic E-state index is 5.79. The van der Waals surface area contributed by atoms with Crippen LogP contribution >= 0.6 is 0 Å². The first-order valence-corrected chi connectivity index (χ1v) is 7.15. The summed E-state index contributed by atoms with van der Waals surface area (Å²) in [6, 6.07) is 0. The first-order chi connectivity index (χ1) is 8.79. The molecule has 0 fully saturated rings. The van der Waals surface area contributed by atoms with Crippen LogP contribution in [0.2, 0.25) is 0 Å². The molecule has 4 nitrogen and oxygen atoms in total. The highest BCUT2D eigenvalue weighted by molar-refractivity contribution is 5.04. The zero-order valence-corrected chi connectivity index (χ0v) is 13.3. The van der Waals surface area contributed by atoms with Crippen molar-refractivity contribution in [3.8, 4) is 0 Å². The van der Waals surface area contributed by atoms with E-state index in [1.54, 1.807) is 0 Å². The van der Waals surface area contributed by atoms with Gasteiger partial charge in [0.2, 0.25) is 0 Å². The normalized spacial score (nSPS) is 12.4. The van der Waals surface area contributed by atoms with E-state index in [2.05, 4.69) is 49.5 Å². The van der Waals surface area contributed by atoms with Crippen LogP contribution in [0.4, 0.5) is 0 Å². The van der Waals surface area contributed by atoms with Crippen LogP contribution in [0.25, 0.3) is 0 Å². The lowest BCUT2D eigenvalue weighted by molar-refractivity contribution is -0.00725. The molecule has 0 saturated carbocycles. The van der Waals surface area contributed by atoms with Crippen LogP contribution in [0.1, 0.15) is 46.1 Å². The summed E-state index contributed by atoms with van der Waals surface area (Å²) in [5.41, 5.74) is 1.15. The Bertz CT molecular complexity index is 377. The van der Waals surface area contributed by atoms with Crippen molar-refractivity contribution in [2.24, 2.45) is 5.92 Å². The van der Waals surface area contributed by atoms with Gasteiger partial charge in [0, 0.05) is 19.3 Å². The smallest absolute Gasteiger partial charge is 0.105 e. The molecule has 0 amide bonds. The zero-order chi connectivity index (χ0) is 14.5. The third-order valence-electron chi connectivity index (χ3n) is 2.85. The minimum atomic E-state index is -0.0788. The largest absolute Gasteiger partial charge is 0.374 e. The number of hydrogen-bond donors (Lipinski definition) is 1. The Morgan fingerprint density at radius 2 is 2.05 bits per heavy atom. The minimum Gasteiger partial charge on any atom is -0.374 e. The van der Waals surface area contributed by atoms with E-state index in [1.807, 2.05) is 13.1 Å². The summed E-state index contributed by atoms with van der Waals surface area (Å²) >= 11 is 0. The van der Waals surface area contributed by atoms with Gasteiger partial charge in [-0.05, 0) is 40.2 Å². The molecule has 1 heterocycles. The maximum Gasteiger partial charge on any atom is 0.105 e. The van der Waals surface area contributed by atoms with Crippen molar-refractivity contribution < 1.29 is 4.74 Å². The second-order valence-corrected chi connectivity index (χ2v) is 6.43. The Hall–Kier alpha value is -0.870. The lowest BCUT2D eigenvalue weighted by Crippen LogP contribution is -2.24. The number of hydrogen-bond acceptors (Lipinski definition) is 3. The molecule has 1 aromatic rings. The second kappa shape index (κ2) is 7.06. The number of aromatic nitrogens is 2. The number of imidazole rings is 1. The average Bonchev–Trinajstić information content (AvgIpc) is 2.59. The van der Waals surface area contributed by atoms with Gasteiger partial charge in [-0.15, -0.1) is 0 Å². The van der Waals surface area contributed by atoms with Crippen LogP contribution in [-0.2, 0) is 17.8 Å². The molecule has 0 atom stereocenters. The van der Waals surface area contributed by atoms with Gasteiger partial charge in [-0.3, -0.25) is 0 Å². The zero-order valence-electron chi connectivity index (χ0n) is 13.3. The molecular formula is C15H29N3O. The minimum absolute atomic E-state index is 0.0788. The van der Waals surface area contributed by atoms with E-state index in [4.69, 9.17) is 4.74 Å². The lowest BCUT2D eigenvalue weighted by atomic mass is 10.2. The van der Waals surface area contributed by atoms with Crippen molar-refractivity contribution in [3.63, 3.8) is 0 Å². The molecule has 0 bridgehead atoms. The fraction of sp³-hybridized carbons (Fsp3) is 0.800. The van der Waals surface area contributed by atoms with Gasteiger partial charge in [0.25, 0.3) is 0 Å². The van der Waals surface area contributed by atoms with E-state index in [-0.39, 0.29) is 5.60 Å². The summed E-state index contributed by atoms with van der Waals surface area (Å²) in [4.78, 5) is 4.40. The number of aryl methyl sites for hydroxylation is 1. The average molecular weight is 267 g/mol. The van der Waals surface area contributed by atoms with Gasteiger partial charge in [-0.2, -0.15) is 0 Å². The van der Waals surface area contributed by atoms with Crippen LogP contribution in [-0.4, -0.2) is 28.3 Å². The lowest BCUT2D eigenvalue weighted by Gasteiger charge is -2.20.